The Morgan fingerprint density at radius 3 is 2.75 bits per heavy atom. The van der Waals surface area contributed by atoms with E-state index in [9.17, 15) is 0 Å². The van der Waals surface area contributed by atoms with E-state index >= 15 is 0 Å². The molecular weight excluding hydrogens is 202 g/mol. The fourth-order valence-electron chi connectivity index (χ4n) is 1.78. The van der Waals surface area contributed by atoms with Gasteiger partial charge in [0.05, 0.1) is 5.92 Å². The number of nitrogens with zero attached hydrogens (tertiary/aromatic N) is 2. The van der Waals surface area contributed by atoms with E-state index in [0.717, 1.165) is 30.1 Å². The molecule has 0 radical (unpaired) electrons. The highest BCUT2D eigenvalue weighted by Crippen LogP contribution is 2.25. The van der Waals surface area contributed by atoms with E-state index in [2.05, 4.69) is 15.5 Å². The summed E-state index contributed by atoms with van der Waals surface area (Å²) >= 11 is 0. The van der Waals surface area contributed by atoms with Crippen LogP contribution in [0.25, 0.3) is 11.5 Å². The summed E-state index contributed by atoms with van der Waals surface area (Å²) in [6.07, 6.45) is 0. The van der Waals surface area contributed by atoms with Gasteiger partial charge in [-0.15, -0.1) is 10.2 Å². The van der Waals surface area contributed by atoms with Crippen molar-refractivity contribution in [3.05, 3.63) is 35.7 Å². The number of rotatable bonds is 2. The summed E-state index contributed by atoms with van der Waals surface area (Å²) in [6.45, 7) is 3.93. The second kappa shape index (κ2) is 3.72. The number of nitrogens with one attached hydrogen (secondary N) is 1. The monoisotopic (exact) mass is 215 g/mol. The molecule has 4 nitrogen and oxygen atoms in total. The maximum absolute atomic E-state index is 5.69. The number of aryl methyl sites for hydroxylation is 1. The maximum atomic E-state index is 5.69. The van der Waals surface area contributed by atoms with Gasteiger partial charge < -0.3 is 9.73 Å². The lowest BCUT2D eigenvalue weighted by molar-refractivity contribution is 0.361. The molecule has 1 saturated heterocycles. The van der Waals surface area contributed by atoms with Crippen molar-refractivity contribution in [2.24, 2.45) is 0 Å². The fraction of sp³-hybridized carbons (Fsp3) is 0.333. The predicted octanol–water partition coefficient (Wildman–Crippen LogP) is 1.73. The normalized spacial score (nSPS) is 16.1. The molecule has 0 saturated carbocycles. The van der Waals surface area contributed by atoms with Crippen LogP contribution in [0, 0.1) is 6.92 Å². The molecule has 1 aromatic carbocycles. The molecule has 0 aliphatic carbocycles. The van der Waals surface area contributed by atoms with E-state index in [1.807, 2.05) is 31.2 Å². The standard InChI is InChI=1S/C12H13N3O/c1-8-4-2-3-5-10(8)12-15-14-11(16-12)9-6-13-7-9/h2-5,9,13H,6-7H2,1H3. The van der Waals surface area contributed by atoms with E-state index in [0.29, 0.717) is 11.8 Å². The molecule has 2 aromatic rings. The summed E-state index contributed by atoms with van der Waals surface area (Å²) in [4.78, 5) is 0. The van der Waals surface area contributed by atoms with Crippen LogP contribution in [-0.2, 0) is 0 Å². The van der Waals surface area contributed by atoms with Gasteiger partial charge in [-0.1, -0.05) is 18.2 Å². The molecule has 0 spiro atoms. The molecule has 1 aliphatic rings. The Hall–Kier alpha value is -1.68. The highest BCUT2D eigenvalue weighted by molar-refractivity contribution is 5.57. The molecule has 0 atom stereocenters. The van der Waals surface area contributed by atoms with Crippen LogP contribution in [0.15, 0.2) is 28.7 Å². The molecule has 3 rings (SSSR count). The van der Waals surface area contributed by atoms with Crippen LogP contribution in [0.2, 0.25) is 0 Å². The van der Waals surface area contributed by atoms with Crippen LogP contribution in [0.5, 0.6) is 0 Å². The van der Waals surface area contributed by atoms with Crippen molar-refractivity contribution in [2.45, 2.75) is 12.8 Å². The van der Waals surface area contributed by atoms with Gasteiger partial charge in [-0.25, -0.2) is 0 Å². The van der Waals surface area contributed by atoms with E-state index < -0.39 is 0 Å². The summed E-state index contributed by atoms with van der Waals surface area (Å²) in [7, 11) is 0. The minimum absolute atomic E-state index is 0.394. The zero-order valence-electron chi connectivity index (χ0n) is 9.10. The number of hydrogen-bond donors (Lipinski definition) is 1. The summed E-state index contributed by atoms with van der Waals surface area (Å²) in [6, 6.07) is 8.04. The van der Waals surface area contributed by atoms with Crippen LogP contribution in [0.4, 0.5) is 0 Å². The molecule has 1 fully saturated rings. The first kappa shape index (κ1) is 9.54. The molecule has 1 N–H and O–H groups in total. The zero-order chi connectivity index (χ0) is 11.0. The van der Waals surface area contributed by atoms with E-state index in [4.69, 9.17) is 4.42 Å². The highest BCUT2D eigenvalue weighted by Gasteiger charge is 2.25. The number of aromatic nitrogens is 2. The van der Waals surface area contributed by atoms with Crippen molar-refractivity contribution in [1.29, 1.82) is 0 Å². The van der Waals surface area contributed by atoms with Gasteiger partial charge in [-0.3, -0.25) is 0 Å². The fourth-order valence-corrected chi connectivity index (χ4v) is 1.78. The smallest absolute Gasteiger partial charge is 0.248 e. The largest absolute Gasteiger partial charge is 0.420 e. The van der Waals surface area contributed by atoms with Gasteiger partial charge in [0.2, 0.25) is 11.8 Å². The summed E-state index contributed by atoms with van der Waals surface area (Å²) in [5, 5.41) is 11.4. The summed E-state index contributed by atoms with van der Waals surface area (Å²) < 4.78 is 5.69. The molecule has 0 amide bonds. The molecule has 2 heterocycles. The molecule has 4 heteroatoms. The Morgan fingerprint density at radius 1 is 1.25 bits per heavy atom. The van der Waals surface area contributed by atoms with Crippen LogP contribution in [0.1, 0.15) is 17.4 Å². The maximum Gasteiger partial charge on any atom is 0.248 e. The quantitative estimate of drug-likeness (QED) is 0.829. The third-order valence-electron chi connectivity index (χ3n) is 2.95. The Kier molecular flexibility index (Phi) is 2.22. The molecule has 16 heavy (non-hydrogen) atoms. The Labute approximate surface area is 93.7 Å². The molecule has 82 valence electrons. The average molecular weight is 215 g/mol. The zero-order valence-corrected chi connectivity index (χ0v) is 9.10. The van der Waals surface area contributed by atoms with Gasteiger partial charge in [-0.05, 0) is 18.6 Å². The van der Waals surface area contributed by atoms with E-state index in [-0.39, 0.29) is 0 Å². The van der Waals surface area contributed by atoms with Crippen molar-refractivity contribution in [3.8, 4) is 11.5 Å². The minimum Gasteiger partial charge on any atom is -0.420 e. The minimum atomic E-state index is 0.394. The summed E-state index contributed by atoms with van der Waals surface area (Å²) in [5.41, 5.74) is 2.18. The molecule has 1 aliphatic heterocycles. The lowest BCUT2D eigenvalue weighted by Gasteiger charge is -2.22. The third kappa shape index (κ3) is 1.51. The topological polar surface area (TPSA) is 51.0 Å². The second-order valence-electron chi connectivity index (χ2n) is 4.12. The Morgan fingerprint density at radius 2 is 2.06 bits per heavy atom. The first-order valence-corrected chi connectivity index (χ1v) is 5.45. The predicted molar refractivity (Wildman–Crippen MR) is 60.1 cm³/mol. The van der Waals surface area contributed by atoms with Gasteiger partial charge >= 0.3 is 0 Å². The van der Waals surface area contributed by atoms with Gasteiger partial charge in [0.1, 0.15) is 0 Å². The van der Waals surface area contributed by atoms with E-state index in [1.54, 1.807) is 0 Å². The van der Waals surface area contributed by atoms with Crippen molar-refractivity contribution >= 4 is 0 Å². The second-order valence-corrected chi connectivity index (χ2v) is 4.12. The van der Waals surface area contributed by atoms with Crippen LogP contribution in [-0.4, -0.2) is 23.3 Å². The average Bonchev–Trinajstić information content (AvgIpc) is 2.65. The van der Waals surface area contributed by atoms with Crippen molar-refractivity contribution in [1.82, 2.24) is 15.5 Å². The third-order valence-corrected chi connectivity index (χ3v) is 2.95. The van der Waals surface area contributed by atoms with Gasteiger partial charge in [0.25, 0.3) is 0 Å². The van der Waals surface area contributed by atoms with E-state index in [1.165, 1.54) is 0 Å². The van der Waals surface area contributed by atoms with Gasteiger partial charge in [0, 0.05) is 18.7 Å². The van der Waals surface area contributed by atoms with Gasteiger partial charge in [-0.2, -0.15) is 0 Å². The van der Waals surface area contributed by atoms with Crippen LogP contribution < -0.4 is 5.32 Å². The lowest BCUT2D eigenvalue weighted by Crippen LogP contribution is -2.40. The number of benzene rings is 1. The Balaban J connectivity index is 1.95. The van der Waals surface area contributed by atoms with Crippen molar-refractivity contribution in [3.63, 3.8) is 0 Å². The highest BCUT2D eigenvalue weighted by atomic mass is 16.4. The first-order chi connectivity index (χ1) is 7.84. The lowest BCUT2D eigenvalue weighted by atomic mass is 10.0. The first-order valence-electron chi connectivity index (χ1n) is 5.45. The molecular formula is C12H13N3O. The molecule has 0 unspecified atom stereocenters. The van der Waals surface area contributed by atoms with Crippen LogP contribution >= 0.6 is 0 Å². The van der Waals surface area contributed by atoms with Gasteiger partial charge in [0.15, 0.2) is 0 Å². The van der Waals surface area contributed by atoms with Crippen molar-refractivity contribution < 1.29 is 4.42 Å². The SMILES string of the molecule is Cc1ccccc1-c1nnc(C2CNC2)o1. The molecule has 1 aromatic heterocycles. The summed E-state index contributed by atoms with van der Waals surface area (Å²) in [5.74, 6) is 1.77. The number of hydrogen-bond acceptors (Lipinski definition) is 4. The molecule has 0 bridgehead atoms. The van der Waals surface area contributed by atoms with Crippen molar-refractivity contribution in [2.75, 3.05) is 13.1 Å². The Bertz CT molecular complexity index is 502. The van der Waals surface area contributed by atoms with Crippen LogP contribution in [0.3, 0.4) is 0 Å².